The highest BCUT2D eigenvalue weighted by Crippen LogP contribution is 2.42. The summed E-state index contributed by atoms with van der Waals surface area (Å²) >= 11 is 3.49. The molecule has 5 nitrogen and oxygen atoms in total. The van der Waals surface area contributed by atoms with Gasteiger partial charge < -0.3 is 14.8 Å². The van der Waals surface area contributed by atoms with E-state index in [0.717, 1.165) is 22.9 Å². The quantitative estimate of drug-likeness (QED) is 0.546. The smallest absolute Gasteiger partial charge is 0.435 e. The van der Waals surface area contributed by atoms with Crippen molar-refractivity contribution in [2.24, 2.45) is 0 Å². The van der Waals surface area contributed by atoms with Gasteiger partial charge in [0.1, 0.15) is 0 Å². The van der Waals surface area contributed by atoms with Crippen LogP contribution in [0.5, 0.6) is 11.5 Å². The molecule has 1 unspecified atom stereocenters. The number of alkyl halides is 3. The van der Waals surface area contributed by atoms with E-state index in [4.69, 9.17) is 9.47 Å². The highest BCUT2D eigenvalue weighted by Gasteiger charge is 2.37. The van der Waals surface area contributed by atoms with Crippen LogP contribution in [0, 0.1) is 0 Å². The van der Waals surface area contributed by atoms with Gasteiger partial charge in [0, 0.05) is 24.2 Å². The minimum atomic E-state index is -4.42. The van der Waals surface area contributed by atoms with E-state index >= 15 is 0 Å². The molecule has 0 saturated heterocycles. The molecule has 2 aromatic rings. The summed E-state index contributed by atoms with van der Waals surface area (Å²) in [5.41, 5.74) is 0.843. The van der Waals surface area contributed by atoms with Gasteiger partial charge in [0.25, 0.3) is 0 Å². The summed E-state index contributed by atoms with van der Waals surface area (Å²) in [6.45, 7) is 5.26. The molecule has 9 heteroatoms. The molecular weight excluding hydrogens is 451 g/mol. The Morgan fingerprint density at radius 1 is 1.31 bits per heavy atom. The van der Waals surface area contributed by atoms with E-state index in [1.807, 2.05) is 26.0 Å². The molecule has 1 saturated carbocycles. The molecule has 1 heterocycles. The van der Waals surface area contributed by atoms with E-state index in [1.165, 1.54) is 10.7 Å². The summed E-state index contributed by atoms with van der Waals surface area (Å²) < 4.78 is 52.5. The molecule has 0 bridgehead atoms. The fourth-order valence-electron chi connectivity index (χ4n) is 3.22. The van der Waals surface area contributed by atoms with E-state index in [0.29, 0.717) is 36.9 Å². The molecule has 3 rings (SSSR count). The molecule has 1 aliphatic carbocycles. The molecule has 1 aliphatic rings. The van der Waals surface area contributed by atoms with Gasteiger partial charge in [-0.2, -0.15) is 18.3 Å². The molecule has 0 aliphatic heterocycles. The Labute approximate surface area is 176 Å². The number of aromatic nitrogens is 2. The van der Waals surface area contributed by atoms with Gasteiger partial charge in [0.05, 0.1) is 24.7 Å². The Hall–Kier alpha value is -1.74. The number of benzene rings is 1. The van der Waals surface area contributed by atoms with E-state index in [1.54, 1.807) is 7.11 Å². The molecule has 1 aromatic carbocycles. The summed E-state index contributed by atoms with van der Waals surface area (Å²) in [4.78, 5) is 0. The lowest BCUT2D eigenvalue weighted by atomic mass is 10.2. The summed E-state index contributed by atoms with van der Waals surface area (Å²) in [7, 11) is 1.58. The van der Waals surface area contributed by atoms with Crippen molar-refractivity contribution >= 4 is 15.9 Å². The van der Waals surface area contributed by atoms with Crippen molar-refractivity contribution in [3.8, 4) is 11.5 Å². The molecule has 0 amide bonds. The van der Waals surface area contributed by atoms with Crippen molar-refractivity contribution in [1.29, 1.82) is 0 Å². The number of nitrogens with zero attached hydrogens (tertiary/aromatic N) is 2. The molecule has 1 fully saturated rings. The fourth-order valence-corrected chi connectivity index (χ4v) is 3.88. The van der Waals surface area contributed by atoms with E-state index < -0.39 is 11.9 Å². The predicted molar refractivity (Wildman–Crippen MR) is 107 cm³/mol. The van der Waals surface area contributed by atoms with Crippen LogP contribution >= 0.6 is 15.9 Å². The Kier molecular flexibility index (Phi) is 6.78. The third kappa shape index (κ3) is 5.45. The van der Waals surface area contributed by atoms with Gasteiger partial charge in [-0.05, 0) is 66.4 Å². The van der Waals surface area contributed by atoms with Crippen LogP contribution in [0.15, 0.2) is 22.7 Å². The first-order chi connectivity index (χ1) is 13.7. The van der Waals surface area contributed by atoms with Crippen LogP contribution in [-0.4, -0.2) is 29.5 Å². The molecule has 1 N–H and O–H groups in total. The molecule has 0 spiro atoms. The molecule has 1 aromatic heterocycles. The van der Waals surface area contributed by atoms with Crippen molar-refractivity contribution in [1.82, 2.24) is 15.1 Å². The van der Waals surface area contributed by atoms with Gasteiger partial charge in [-0.3, -0.25) is 4.68 Å². The van der Waals surface area contributed by atoms with Crippen LogP contribution in [0.3, 0.4) is 0 Å². The summed E-state index contributed by atoms with van der Waals surface area (Å²) in [6, 6.07) is 4.97. The highest BCUT2D eigenvalue weighted by molar-refractivity contribution is 9.10. The maximum Gasteiger partial charge on any atom is 0.435 e. The van der Waals surface area contributed by atoms with Gasteiger partial charge in [0.2, 0.25) is 0 Å². The molecule has 0 radical (unpaired) electrons. The number of rotatable bonds is 9. The standard InChI is InChI=1S/C20H25BrF3N3O2/c1-4-29-17-8-13(7-15(21)19(17)28-3)10-25-12(2)11-27-16(14-5-6-14)9-18(26-27)20(22,23)24/h7-9,12,14,25H,4-6,10-11H2,1-3H3. The van der Waals surface area contributed by atoms with Crippen molar-refractivity contribution < 1.29 is 22.6 Å². The SMILES string of the molecule is CCOc1cc(CNC(C)Cn2nc(C(F)(F)F)cc2C2CC2)cc(Br)c1OC. The second-order valence-electron chi connectivity index (χ2n) is 7.23. The minimum absolute atomic E-state index is 0.0649. The lowest BCUT2D eigenvalue weighted by Crippen LogP contribution is -2.31. The number of halogens is 4. The van der Waals surface area contributed by atoms with E-state index in [2.05, 4.69) is 26.3 Å². The van der Waals surface area contributed by atoms with Crippen molar-refractivity contribution in [2.75, 3.05) is 13.7 Å². The van der Waals surface area contributed by atoms with Crippen molar-refractivity contribution in [3.05, 3.63) is 39.6 Å². The number of hydrogen-bond donors (Lipinski definition) is 1. The molecule has 29 heavy (non-hydrogen) atoms. The average molecular weight is 476 g/mol. The van der Waals surface area contributed by atoms with Crippen LogP contribution in [0.2, 0.25) is 0 Å². The monoisotopic (exact) mass is 475 g/mol. The van der Waals surface area contributed by atoms with Gasteiger partial charge in [-0.1, -0.05) is 0 Å². The second kappa shape index (κ2) is 8.95. The first kappa shape index (κ1) is 22.0. The number of hydrogen-bond acceptors (Lipinski definition) is 4. The van der Waals surface area contributed by atoms with Crippen LogP contribution in [-0.2, 0) is 19.3 Å². The first-order valence-electron chi connectivity index (χ1n) is 9.60. The maximum absolute atomic E-state index is 13.1. The summed E-state index contributed by atoms with van der Waals surface area (Å²) in [6.07, 6.45) is -2.58. The van der Waals surface area contributed by atoms with E-state index in [9.17, 15) is 13.2 Å². The van der Waals surface area contributed by atoms with Crippen molar-refractivity contribution in [3.63, 3.8) is 0 Å². The van der Waals surface area contributed by atoms with Gasteiger partial charge in [-0.15, -0.1) is 0 Å². The summed E-state index contributed by atoms with van der Waals surface area (Å²) in [5, 5.41) is 7.18. The average Bonchev–Trinajstić information content (AvgIpc) is 3.39. The van der Waals surface area contributed by atoms with Gasteiger partial charge in [0.15, 0.2) is 17.2 Å². The zero-order valence-corrected chi connectivity index (χ0v) is 18.2. The Balaban J connectivity index is 1.68. The number of methoxy groups -OCH3 is 1. The van der Waals surface area contributed by atoms with E-state index in [-0.39, 0.29) is 12.0 Å². The summed E-state index contributed by atoms with van der Waals surface area (Å²) in [5.74, 6) is 1.47. The normalized spacial score (nSPS) is 15.4. The number of nitrogens with one attached hydrogen (secondary N) is 1. The van der Waals surface area contributed by atoms with Crippen LogP contribution in [0.1, 0.15) is 49.6 Å². The second-order valence-corrected chi connectivity index (χ2v) is 8.09. The largest absolute Gasteiger partial charge is 0.492 e. The Morgan fingerprint density at radius 2 is 2.03 bits per heavy atom. The predicted octanol–water partition coefficient (Wildman–Crippen LogP) is 5.13. The fraction of sp³-hybridized carbons (Fsp3) is 0.550. The highest BCUT2D eigenvalue weighted by atomic mass is 79.9. The zero-order valence-electron chi connectivity index (χ0n) is 16.6. The first-order valence-corrected chi connectivity index (χ1v) is 10.4. The van der Waals surface area contributed by atoms with Crippen LogP contribution in [0.25, 0.3) is 0 Å². The lowest BCUT2D eigenvalue weighted by molar-refractivity contribution is -0.141. The third-order valence-corrected chi connectivity index (χ3v) is 5.36. The molecule has 160 valence electrons. The zero-order chi connectivity index (χ0) is 21.2. The topological polar surface area (TPSA) is 48.3 Å². The minimum Gasteiger partial charge on any atom is -0.492 e. The lowest BCUT2D eigenvalue weighted by Gasteiger charge is -2.17. The van der Waals surface area contributed by atoms with Gasteiger partial charge >= 0.3 is 6.18 Å². The van der Waals surface area contributed by atoms with Crippen molar-refractivity contribution in [2.45, 2.75) is 57.9 Å². The maximum atomic E-state index is 13.1. The Bertz CT molecular complexity index is 850. The number of ether oxygens (including phenoxy) is 2. The third-order valence-electron chi connectivity index (χ3n) is 4.77. The van der Waals surface area contributed by atoms with Gasteiger partial charge in [-0.25, -0.2) is 0 Å². The Morgan fingerprint density at radius 3 is 2.62 bits per heavy atom. The van der Waals surface area contributed by atoms with Crippen LogP contribution in [0.4, 0.5) is 13.2 Å². The van der Waals surface area contributed by atoms with Crippen LogP contribution < -0.4 is 14.8 Å². The molecule has 1 atom stereocenters. The molecular formula is C20H25BrF3N3O2.